The number of fused-ring (bicyclic) bond motifs is 4. The van der Waals surface area contributed by atoms with Gasteiger partial charge in [-0.3, -0.25) is 28.8 Å². The Labute approximate surface area is 366 Å². The molecule has 0 aromatic heterocycles. The van der Waals surface area contributed by atoms with Crippen LogP contribution in [0.1, 0.15) is 109 Å². The molecule has 4 bridgehead atoms. The van der Waals surface area contributed by atoms with Crippen molar-refractivity contribution >= 4 is 35.8 Å². The fraction of sp³-hybridized carbons (Fsp3) is 0.581. The molecule has 2 aromatic rings. The van der Waals surface area contributed by atoms with Crippen LogP contribution >= 0.6 is 0 Å². The van der Waals surface area contributed by atoms with E-state index >= 15 is 0 Å². The van der Waals surface area contributed by atoms with E-state index < -0.39 is 23.9 Å². The average molecular weight is 953 g/mol. The van der Waals surface area contributed by atoms with Gasteiger partial charge in [-0.2, -0.15) is 0 Å². The van der Waals surface area contributed by atoms with Gasteiger partial charge in [0.15, 0.2) is 23.0 Å². The van der Waals surface area contributed by atoms with Gasteiger partial charge in [-0.25, -0.2) is 0 Å². The zero-order valence-electron chi connectivity index (χ0n) is 34.7. The van der Waals surface area contributed by atoms with Crippen molar-refractivity contribution in [3.8, 4) is 23.0 Å². The minimum absolute atomic E-state index is 0. The second-order valence-corrected chi connectivity index (χ2v) is 16.7. The Bertz CT molecular complexity index is 1740. The molecule has 14 nitrogen and oxygen atoms in total. The molecule has 16 heteroatoms. The Kier molecular flexibility index (Phi) is 16.3. The van der Waals surface area contributed by atoms with Gasteiger partial charge in [-0.1, -0.05) is 0 Å². The van der Waals surface area contributed by atoms with Crippen LogP contribution < -0.4 is 52.9 Å². The third kappa shape index (κ3) is 11.7. The molecule has 4 unspecified atom stereocenters. The van der Waals surface area contributed by atoms with E-state index in [9.17, 15) is 28.8 Å². The highest BCUT2D eigenvalue weighted by molar-refractivity contribution is 5.75. The van der Waals surface area contributed by atoms with Crippen LogP contribution in [-0.4, -0.2) is 95.3 Å². The number of hydrogen-bond donors (Lipinski definition) is 0. The van der Waals surface area contributed by atoms with Gasteiger partial charge in [0.2, 0.25) is 0 Å². The third-order valence-electron chi connectivity index (χ3n) is 12.6. The number of halogens is 2. The van der Waals surface area contributed by atoms with Crippen LogP contribution in [0.15, 0.2) is 36.4 Å². The largest absolute Gasteiger partial charge is 1.00 e. The average Bonchev–Trinajstić information content (AvgIpc) is 3.34. The Balaban J connectivity index is 0.00000384. The van der Waals surface area contributed by atoms with Gasteiger partial charge in [0.25, 0.3) is 0 Å². The van der Waals surface area contributed by atoms with Crippen LogP contribution in [0.3, 0.4) is 0 Å². The molecule has 0 spiro atoms. The van der Waals surface area contributed by atoms with Crippen molar-refractivity contribution in [3.05, 3.63) is 47.5 Å². The van der Waals surface area contributed by atoms with Gasteiger partial charge >= 0.3 is 35.8 Å². The number of carbonyl (C=O) groups is 6. The van der Waals surface area contributed by atoms with Crippen LogP contribution in [0.4, 0.5) is 0 Å². The van der Waals surface area contributed by atoms with Gasteiger partial charge in [0.1, 0.15) is 25.3 Å². The molecule has 0 aliphatic carbocycles. The van der Waals surface area contributed by atoms with Gasteiger partial charge < -0.3 is 71.4 Å². The molecule has 0 amide bonds. The summed E-state index contributed by atoms with van der Waals surface area (Å²) >= 11 is 0. The van der Waals surface area contributed by atoms with Gasteiger partial charge in [-0.05, 0) is 42.8 Å². The Morgan fingerprint density at radius 1 is 0.508 bits per heavy atom. The number of hydrogen-bond acceptors (Lipinski definition) is 12. The topological polar surface area (TPSA) is 158 Å². The summed E-state index contributed by atoms with van der Waals surface area (Å²) in [6.07, 6.45) is 7.37. The van der Waals surface area contributed by atoms with Crippen molar-refractivity contribution < 1.29 is 100 Å². The SMILES string of the molecule is CC(=O)Oc1ccc(C[N+]2(C)[C@@H]3CC[C@H]2CC(OC(=O)CCCC(=O)OC2C[C@H]4CC[C@@H](C2)[N+]4(C)Cc2ccc(OC(C)=O)c(OC(C)=O)c2)C3)cc1OC(C)=O.[Br-].[Br-]. The van der Waals surface area contributed by atoms with Gasteiger partial charge in [0.05, 0.1) is 38.3 Å². The first kappa shape index (κ1) is 47.8. The van der Waals surface area contributed by atoms with Crippen molar-refractivity contribution in [2.24, 2.45) is 0 Å². The summed E-state index contributed by atoms with van der Waals surface area (Å²) in [4.78, 5) is 72.5. The molecule has 59 heavy (non-hydrogen) atoms. The number of ether oxygens (including phenoxy) is 6. The summed E-state index contributed by atoms with van der Waals surface area (Å²) in [7, 11) is 4.45. The molecule has 6 rings (SSSR count). The maximum Gasteiger partial charge on any atom is 0.308 e. The van der Waals surface area contributed by atoms with Crippen molar-refractivity contribution in [2.75, 3.05) is 14.1 Å². The quantitative estimate of drug-likeness (QED) is 0.138. The minimum atomic E-state index is -0.501. The third-order valence-corrected chi connectivity index (χ3v) is 12.6. The molecule has 324 valence electrons. The van der Waals surface area contributed by atoms with E-state index in [4.69, 9.17) is 28.4 Å². The monoisotopic (exact) mass is 950 g/mol. The van der Waals surface area contributed by atoms with Crippen LogP contribution in [0.25, 0.3) is 0 Å². The van der Waals surface area contributed by atoms with Crippen LogP contribution in [0.2, 0.25) is 0 Å². The number of nitrogens with zero attached hydrogens (tertiary/aromatic N) is 2. The molecule has 4 aliphatic heterocycles. The standard InChI is InChI=1S/C43H56N2O12.2BrH/c1-26(46)52-38-16-10-30(18-40(38)54-28(3)48)24-44(5)32-12-13-33(44)21-36(20-32)56-42(50)8-7-9-43(51)57-37-22-34-14-15-35(23-37)45(34,6)25-31-11-17-39(53-27(2)47)41(19-31)55-29(4)49;;/h10-11,16-19,32-37H,7-9,12-15,20-25H2,1-6H3;2*1H/q+2;;/p-2/t32-,33+,34-,35+,36?,37?,44?,45?;;. The zero-order valence-corrected chi connectivity index (χ0v) is 37.8. The van der Waals surface area contributed by atoms with Crippen molar-refractivity contribution in [1.82, 2.24) is 0 Å². The first-order valence-corrected chi connectivity index (χ1v) is 20.1. The van der Waals surface area contributed by atoms with Crippen LogP contribution in [-0.2, 0) is 51.3 Å². The van der Waals surface area contributed by atoms with Crippen LogP contribution in [0.5, 0.6) is 23.0 Å². The summed E-state index contributed by atoms with van der Waals surface area (Å²) < 4.78 is 34.7. The van der Waals surface area contributed by atoms with Crippen molar-refractivity contribution in [3.63, 3.8) is 0 Å². The zero-order chi connectivity index (χ0) is 41.1. The molecule has 4 aliphatic rings. The number of carbonyl (C=O) groups excluding carboxylic acids is 6. The normalized spacial score (nSPS) is 27.6. The fourth-order valence-electron chi connectivity index (χ4n) is 10.00. The predicted octanol–water partition coefficient (Wildman–Crippen LogP) is -0.367. The second-order valence-electron chi connectivity index (χ2n) is 16.7. The lowest BCUT2D eigenvalue weighted by Crippen LogP contribution is -3.00. The molecule has 8 atom stereocenters. The summed E-state index contributed by atoms with van der Waals surface area (Å²) in [5, 5.41) is 0. The van der Waals surface area contributed by atoms with Crippen molar-refractivity contribution in [2.45, 2.75) is 148 Å². The summed E-state index contributed by atoms with van der Waals surface area (Å²) in [6, 6.07) is 11.8. The number of benzene rings is 2. The van der Waals surface area contributed by atoms with Crippen molar-refractivity contribution in [1.29, 1.82) is 0 Å². The highest BCUT2D eigenvalue weighted by Crippen LogP contribution is 2.46. The molecular weight excluding hydrogens is 896 g/mol. The molecule has 0 saturated carbocycles. The molecule has 2 aromatic carbocycles. The summed E-state index contributed by atoms with van der Waals surface area (Å²) in [6.45, 7) is 6.58. The molecule has 4 heterocycles. The lowest BCUT2D eigenvalue weighted by atomic mass is 9.95. The second kappa shape index (κ2) is 20.1. The predicted molar refractivity (Wildman–Crippen MR) is 204 cm³/mol. The Morgan fingerprint density at radius 2 is 0.814 bits per heavy atom. The number of esters is 6. The van der Waals surface area contributed by atoms with E-state index in [0.29, 0.717) is 43.7 Å². The lowest BCUT2D eigenvalue weighted by Gasteiger charge is -2.47. The van der Waals surface area contributed by atoms with E-state index in [1.54, 1.807) is 24.3 Å². The fourth-order valence-corrected chi connectivity index (χ4v) is 10.00. The molecule has 4 fully saturated rings. The first-order chi connectivity index (χ1) is 27.0. The Hall–Kier alpha value is -3.86. The van der Waals surface area contributed by atoms with E-state index in [0.717, 1.165) is 71.5 Å². The highest BCUT2D eigenvalue weighted by atomic mass is 79.9. The minimum Gasteiger partial charge on any atom is -1.00 e. The van der Waals surface area contributed by atoms with Gasteiger partial charge in [0, 0.05) is 103 Å². The maximum atomic E-state index is 13.0. The van der Waals surface area contributed by atoms with Gasteiger partial charge in [-0.15, -0.1) is 0 Å². The smallest absolute Gasteiger partial charge is 0.308 e. The maximum absolute atomic E-state index is 13.0. The van der Waals surface area contributed by atoms with E-state index in [-0.39, 0.29) is 93.9 Å². The summed E-state index contributed by atoms with van der Waals surface area (Å²) in [5.41, 5.74) is 1.91. The Morgan fingerprint density at radius 3 is 1.12 bits per heavy atom. The number of quaternary nitrogens is 2. The molecule has 0 radical (unpaired) electrons. The summed E-state index contributed by atoms with van der Waals surface area (Å²) in [5.74, 6) is -1.76. The van der Waals surface area contributed by atoms with E-state index in [2.05, 4.69) is 14.1 Å². The van der Waals surface area contributed by atoms with Crippen LogP contribution in [0, 0.1) is 0 Å². The molecular formula is C43H56Br2N2O12. The van der Waals surface area contributed by atoms with E-state index in [1.165, 1.54) is 27.7 Å². The highest BCUT2D eigenvalue weighted by Gasteiger charge is 2.53. The molecule has 0 N–H and O–H groups in total. The van der Waals surface area contributed by atoms with E-state index in [1.807, 2.05) is 12.1 Å². The number of rotatable bonds is 14. The lowest BCUT2D eigenvalue weighted by molar-refractivity contribution is -0.961. The first-order valence-electron chi connectivity index (χ1n) is 20.1. The number of piperidine rings is 2. The molecule has 4 saturated heterocycles.